The minimum Gasteiger partial charge on any atom is -0.294 e. The van der Waals surface area contributed by atoms with Crippen molar-refractivity contribution in [3.63, 3.8) is 0 Å². The molecule has 102 valence electrons. The van der Waals surface area contributed by atoms with Crippen molar-refractivity contribution in [3.05, 3.63) is 70.8 Å². The van der Waals surface area contributed by atoms with Gasteiger partial charge in [-0.05, 0) is 42.5 Å². The van der Waals surface area contributed by atoms with Gasteiger partial charge < -0.3 is 0 Å². The molecule has 1 fully saturated rings. The smallest absolute Gasteiger partial charge is 0.169 e. The minimum absolute atomic E-state index is 0.128. The van der Waals surface area contributed by atoms with Crippen LogP contribution < -0.4 is 0 Å². The van der Waals surface area contributed by atoms with Crippen LogP contribution in [0.5, 0.6) is 0 Å². The first kappa shape index (κ1) is 13.0. The number of aryl methyl sites for hydroxylation is 1. The molecule has 2 unspecified atom stereocenters. The summed E-state index contributed by atoms with van der Waals surface area (Å²) in [6.45, 7) is 1.48. The molecule has 0 heterocycles. The second kappa shape index (κ2) is 4.82. The highest BCUT2D eigenvalue weighted by molar-refractivity contribution is 6.00. The molecule has 2 aromatic rings. The molecule has 3 heteroatoms. The average molecular weight is 272 g/mol. The molecular weight excluding hydrogens is 258 g/mol. The standard InChI is InChI=1S/C17H14F2O/c1-10-7-16(19)14(9-15(10)18)17(20)13-8-12(13)11-5-3-2-4-6-11/h2-7,9,12-13H,8H2,1H3. The van der Waals surface area contributed by atoms with Crippen molar-refractivity contribution in [2.24, 2.45) is 5.92 Å². The first-order valence-electron chi connectivity index (χ1n) is 6.62. The van der Waals surface area contributed by atoms with Gasteiger partial charge in [-0.25, -0.2) is 8.78 Å². The van der Waals surface area contributed by atoms with Crippen LogP contribution in [0.25, 0.3) is 0 Å². The Kier molecular flexibility index (Phi) is 3.13. The van der Waals surface area contributed by atoms with Gasteiger partial charge in [0, 0.05) is 5.92 Å². The molecule has 0 saturated heterocycles. The maximum absolute atomic E-state index is 13.8. The molecule has 1 aliphatic carbocycles. The van der Waals surface area contributed by atoms with Crippen LogP contribution in [0.2, 0.25) is 0 Å². The number of Topliss-reactive ketones (excluding diaryl/α,β-unsaturated/α-hetero) is 1. The number of rotatable bonds is 3. The molecular formula is C17H14F2O. The molecule has 0 radical (unpaired) electrons. The Hall–Kier alpha value is -2.03. The summed E-state index contributed by atoms with van der Waals surface area (Å²) in [5.41, 5.74) is 1.17. The van der Waals surface area contributed by atoms with E-state index < -0.39 is 11.6 Å². The summed E-state index contributed by atoms with van der Waals surface area (Å²) in [5, 5.41) is 0. The minimum atomic E-state index is -0.632. The Morgan fingerprint density at radius 2 is 1.80 bits per heavy atom. The summed E-state index contributed by atoms with van der Waals surface area (Å²) in [4.78, 5) is 12.3. The van der Waals surface area contributed by atoms with Crippen molar-refractivity contribution >= 4 is 5.78 Å². The molecule has 0 aromatic heterocycles. The highest BCUT2D eigenvalue weighted by Crippen LogP contribution is 2.49. The molecule has 3 rings (SSSR count). The van der Waals surface area contributed by atoms with Gasteiger partial charge in [-0.3, -0.25) is 4.79 Å². The predicted octanol–water partition coefficient (Wildman–Crippen LogP) is 4.26. The third kappa shape index (κ3) is 2.24. The number of hydrogen-bond donors (Lipinski definition) is 0. The van der Waals surface area contributed by atoms with Gasteiger partial charge in [-0.1, -0.05) is 30.3 Å². The first-order chi connectivity index (χ1) is 9.58. The quantitative estimate of drug-likeness (QED) is 0.763. The van der Waals surface area contributed by atoms with Crippen LogP contribution in [0, 0.1) is 24.5 Å². The Bertz CT molecular complexity index is 664. The van der Waals surface area contributed by atoms with Crippen molar-refractivity contribution < 1.29 is 13.6 Å². The monoisotopic (exact) mass is 272 g/mol. The number of ketones is 1. The van der Waals surface area contributed by atoms with Crippen molar-refractivity contribution in [1.82, 2.24) is 0 Å². The number of carbonyl (C=O) groups excluding carboxylic acids is 1. The first-order valence-corrected chi connectivity index (χ1v) is 6.62. The molecule has 1 aliphatic rings. The lowest BCUT2D eigenvalue weighted by Gasteiger charge is -2.05. The van der Waals surface area contributed by atoms with E-state index in [4.69, 9.17) is 0 Å². The van der Waals surface area contributed by atoms with E-state index in [9.17, 15) is 13.6 Å². The van der Waals surface area contributed by atoms with E-state index in [2.05, 4.69) is 0 Å². The second-order valence-corrected chi connectivity index (χ2v) is 5.30. The van der Waals surface area contributed by atoms with Gasteiger partial charge in [0.25, 0.3) is 0 Å². The zero-order valence-electron chi connectivity index (χ0n) is 11.1. The number of hydrogen-bond acceptors (Lipinski definition) is 1. The highest BCUT2D eigenvalue weighted by Gasteiger charge is 2.44. The summed E-state index contributed by atoms with van der Waals surface area (Å²) >= 11 is 0. The fourth-order valence-corrected chi connectivity index (χ4v) is 2.59. The normalized spacial score (nSPS) is 20.8. The Morgan fingerprint density at radius 3 is 2.50 bits per heavy atom. The Morgan fingerprint density at radius 1 is 1.10 bits per heavy atom. The third-order valence-corrected chi connectivity index (χ3v) is 3.87. The van der Waals surface area contributed by atoms with E-state index in [1.807, 2.05) is 30.3 Å². The van der Waals surface area contributed by atoms with Crippen molar-refractivity contribution in [2.75, 3.05) is 0 Å². The molecule has 1 saturated carbocycles. The lowest BCUT2D eigenvalue weighted by molar-refractivity contribution is 0.0960. The summed E-state index contributed by atoms with van der Waals surface area (Å²) in [7, 11) is 0. The van der Waals surface area contributed by atoms with E-state index in [0.29, 0.717) is 6.42 Å². The van der Waals surface area contributed by atoms with Gasteiger partial charge in [-0.2, -0.15) is 0 Å². The van der Waals surface area contributed by atoms with E-state index in [1.165, 1.54) is 6.92 Å². The van der Waals surface area contributed by atoms with Gasteiger partial charge in [0.05, 0.1) is 5.56 Å². The van der Waals surface area contributed by atoms with Crippen LogP contribution in [0.4, 0.5) is 8.78 Å². The van der Waals surface area contributed by atoms with Gasteiger partial charge in [-0.15, -0.1) is 0 Å². The van der Waals surface area contributed by atoms with Crippen LogP contribution in [-0.2, 0) is 0 Å². The van der Waals surface area contributed by atoms with E-state index in [0.717, 1.165) is 17.7 Å². The molecule has 2 atom stereocenters. The van der Waals surface area contributed by atoms with E-state index in [-0.39, 0.29) is 28.7 Å². The topological polar surface area (TPSA) is 17.1 Å². The molecule has 0 amide bonds. The summed E-state index contributed by atoms with van der Waals surface area (Å²) in [6.07, 6.45) is 0.706. The molecule has 0 aliphatic heterocycles. The summed E-state index contributed by atoms with van der Waals surface area (Å²) in [6, 6.07) is 11.8. The van der Waals surface area contributed by atoms with Crippen LogP contribution in [0.3, 0.4) is 0 Å². The van der Waals surface area contributed by atoms with E-state index >= 15 is 0 Å². The fraction of sp³-hybridized carbons (Fsp3) is 0.235. The number of benzene rings is 2. The van der Waals surface area contributed by atoms with Gasteiger partial charge in [0.1, 0.15) is 11.6 Å². The molecule has 0 N–H and O–H groups in total. The van der Waals surface area contributed by atoms with Crippen molar-refractivity contribution in [3.8, 4) is 0 Å². The molecule has 0 bridgehead atoms. The molecule has 2 aromatic carbocycles. The van der Waals surface area contributed by atoms with E-state index in [1.54, 1.807) is 0 Å². The number of carbonyl (C=O) groups is 1. The molecule has 20 heavy (non-hydrogen) atoms. The Balaban J connectivity index is 1.84. The second-order valence-electron chi connectivity index (χ2n) is 5.30. The third-order valence-electron chi connectivity index (χ3n) is 3.87. The van der Waals surface area contributed by atoms with Gasteiger partial charge in [0.2, 0.25) is 0 Å². The summed E-state index contributed by atoms with van der Waals surface area (Å²) in [5.74, 6) is -1.56. The SMILES string of the molecule is Cc1cc(F)c(C(=O)C2CC2c2ccccc2)cc1F. The zero-order chi connectivity index (χ0) is 14.3. The summed E-state index contributed by atoms with van der Waals surface area (Å²) < 4.78 is 27.3. The van der Waals surface area contributed by atoms with Crippen molar-refractivity contribution in [1.29, 1.82) is 0 Å². The molecule has 1 nitrogen and oxygen atoms in total. The van der Waals surface area contributed by atoms with Crippen LogP contribution in [0.15, 0.2) is 42.5 Å². The average Bonchev–Trinajstić information content (AvgIpc) is 3.23. The molecule has 0 spiro atoms. The maximum atomic E-state index is 13.8. The largest absolute Gasteiger partial charge is 0.294 e. The highest BCUT2D eigenvalue weighted by atomic mass is 19.1. The van der Waals surface area contributed by atoms with Crippen molar-refractivity contribution in [2.45, 2.75) is 19.3 Å². The predicted molar refractivity (Wildman–Crippen MR) is 72.7 cm³/mol. The van der Waals surface area contributed by atoms with Gasteiger partial charge >= 0.3 is 0 Å². The lowest BCUT2D eigenvalue weighted by atomic mass is 10.0. The van der Waals surface area contributed by atoms with Gasteiger partial charge in [0.15, 0.2) is 5.78 Å². The Labute approximate surface area is 116 Å². The maximum Gasteiger partial charge on any atom is 0.169 e. The van der Waals surface area contributed by atoms with Crippen LogP contribution in [-0.4, -0.2) is 5.78 Å². The zero-order valence-corrected chi connectivity index (χ0v) is 11.1. The fourth-order valence-electron chi connectivity index (χ4n) is 2.59. The number of halogens is 2. The van der Waals surface area contributed by atoms with Crippen LogP contribution >= 0.6 is 0 Å². The lowest BCUT2D eigenvalue weighted by Crippen LogP contribution is -2.07. The van der Waals surface area contributed by atoms with Crippen LogP contribution in [0.1, 0.15) is 33.8 Å².